The van der Waals surface area contributed by atoms with E-state index in [0.29, 0.717) is 0 Å². The van der Waals surface area contributed by atoms with Crippen LogP contribution in [0.3, 0.4) is 0 Å². The Hall–Kier alpha value is -1.86. The van der Waals surface area contributed by atoms with Crippen LogP contribution in [0, 0.1) is 5.41 Å². The molecular weight excluding hydrogens is 328 g/mol. The first-order chi connectivity index (χ1) is 12.2. The van der Waals surface area contributed by atoms with Gasteiger partial charge in [-0.25, -0.2) is 0 Å². The van der Waals surface area contributed by atoms with Gasteiger partial charge in [-0.05, 0) is 28.5 Å². The van der Waals surface area contributed by atoms with E-state index >= 15 is 0 Å². The third-order valence-corrected chi connectivity index (χ3v) is 8.08. The molecule has 0 bridgehead atoms. The van der Waals surface area contributed by atoms with E-state index in [-0.39, 0.29) is 10.8 Å². The molecule has 2 aromatic carbocycles. The summed E-state index contributed by atoms with van der Waals surface area (Å²) in [4.78, 5) is 0. The van der Waals surface area contributed by atoms with Crippen molar-refractivity contribution in [1.82, 2.24) is 0 Å². The quantitative estimate of drug-likeness (QED) is 0.508. The van der Waals surface area contributed by atoms with E-state index < -0.39 is 8.07 Å². The van der Waals surface area contributed by atoms with Crippen LogP contribution in [0.4, 0.5) is 0 Å². The van der Waals surface area contributed by atoms with Crippen LogP contribution < -0.4 is 0 Å². The van der Waals surface area contributed by atoms with E-state index in [4.69, 9.17) is 0 Å². The monoisotopic (exact) mass is 360 g/mol. The van der Waals surface area contributed by atoms with Gasteiger partial charge in [0.25, 0.3) is 0 Å². The lowest BCUT2D eigenvalue weighted by Gasteiger charge is -2.47. The van der Waals surface area contributed by atoms with E-state index in [1.807, 2.05) is 0 Å². The molecule has 0 saturated heterocycles. The van der Waals surface area contributed by atoms with E-state index in [1.54, 1.807) is 5.20 Å². The Morgan fingerprint density at radius 2 is 1.19 bits per heavy atom. The Bertz CT molecular complexity index is 772. The fourth-order valence-corrected chi connectivity index (χ4v) is 5.79. The lowest BCUT2D eigenvalue weighted by Crippen LogP contribution is -2.42. The van der Waals surface area contributed by atoms with Crippen molar-refractivity contribution < 1.29 is 0 Å². The molecule has 0 N–H and O–H groups in total. The van der Waals surface area contributed by atoms with Crippen LogP contribution in [0.5, 0.6) is 0 Å². The number of allylic oxidation sites excluding steroid dienone is 4. The second kappa shape index (κ2) is 6.70. The van der Waals surface area contributed by atoms with Crippen molar-refractivity contribution in [2.24, 2.45) is 5.41 Å². The predicted molar refractivity (Wildman–Crippen MR) is 117 cm³/mol. The second-order valence-electron chi connectivity index (χ2n) is 9.52. The van der Waals surface area contributed by atoms with Crippen molar-refractivity contribution in [3.05, 3.63) is 94.7 Å². The van der Waals surface area contributed by atoms with Crippen LogP contribution in [0.2, 0.25) is 19.6 Å². The molecule has 0 aromatic heterocycles. The normalized spacial score (nSPS) is 15.6. The molecule has 0 saturated carbocycles. The molecule has 2 aromatic rings. The zero-order valence-corrected chi connectivity index (χ0v) is 18.1. The van der Waals surface area contributed by atoms with Crippen molar-refractivity contribution in [3.63, 3.8) is 0 Å². The molecule has 0 unspecified atom stereocenters. The van der Waals surface area contributed by atoms with Crippen molar-refractivity contribution in [2.75, 3.05) is 0 Å². The standard InChI is InChI=1S/C25H32Si/c1-24(2,3)25(20-13-9-7-10-14-20,21-15-11-8-12-16-21)22-17-18-23(19-22)26(4,5)6/h7-17,19H,18H2,1-6H3. The lowest BCUT2D eigenvalue weighted by molar-refractivity contribution is 0.271. The van der Waals surface area contributed by atoms with Gasteiger partial charge in [0.05, 0.1) is 8.07 Å². The molecule has 1 aliphatic rings. The van der Waals surface area contributed by atoms with Crippen molar-refractivity contribution in [1.29, 1.82) is 0 Å². The Morgan fingerprint density at radius 1 is 0.731 bits per heavy atom. The molecule has 0 fully saturated rings. The Kier molecular flexibility index (Phi) is 4.87. The van der Waals surface area contributed by atoms with E-state index in [9.17, 15) is 0 Å². The molecule has 3 rings (SSSR count). The summed E-state index contributed by atoms with van der Waals surface area (Å²) in [7, 11) is -1.30. The molecule has 26 heavy (non-hydrogen) atoms. The van der Waals surface area contributed by atoms with Gasteiger partial charge in [-0.15, -0.1) is 0 Å². The number of benzene rings is 2. The third-order valence-electron chi connectivity index (χ3n) is 5.81. The van der Waals surface area contributed by atoms with Crippen LogP contribution in [0.1, 0.15) is 38.3 Å². The highest BCUT2D eigenvalue weighted by atomic mass is 28.3. The molecule has 0 aliphatic heterocycles. The second-order valence-corrected chi connectivity index (χ2v) is 14.7. The molecular formula is C25H32Si. The minimum Gasteiger partial charge on any atom is -0.0770 e. The van der Waals surface area contributed by atoms with Gasteiger partial charge in [-0.2, -0.15) is 0 Å². The van der Waals surface area contributed by atoms with Crippen molar-refractivity contribution in [2.45, 2.75) is 52.2 Å². The summed E-state index contributed by atoms with van der Waals surface area (Å²) in [5.74, 6) is 0. The molecule has 136 valence electrons. The van der Waals surface area contributed by atoms with Gasteiger partial charge in [0, 0.05) is 5.41 Å². The highest BCUT2D eigenvalue weighted by Gasteiger charge is 2.48. The van der Waals surface area contributed by atoms with Crippen LogP contribution in [0.25, 0.3) is 0 Å². The van der Waals surface area contributed by atoms with Gasteiger partial charge in [-0.1, -0.05) is 118 Å². The molecule has 0 amide bonds. The smallest absolute Gasteiger partial charge is 0.0728 e. The Labute approximate surface area is 160 Å². The number of hydrogen-bond donors (Lipinski definition) is 0. The molecule has 0 spiro atoms. The highest BCUT2D eigenvalue weighted by molar-refractivity contribution is 6.83. The average molecular weight is 361 g/mol. The van der Waals surface area contributed by atoms with Crippen LogP contribution >= 0.6 is 0 Å². The first kappa shape index (κ1) is 18.9. The van der Waals surface area contributed by atoms with Gasteiger partial charge in [0.15, 0.2) is 0 Å². The van der Waals surface area contributed by atoms with Crippen LogP contribution in [-0.2, 0) is 5.41 Å². The van der Waals surface area contributed by atoms with Gasteiger partial charge >= 0.3 is 0 Å². The first-order valence-corrected chi connectivity index (χ1v) is 13.2. The van der Waals surface area contributed by atoms with Crippen molar-refractivity contribution >= 4 is 8.07 Å². The van der Waals surface area contributed by atoms with Gasteiger partial charge in [0.1, 0.15) is 0 Å². The maximum atomic E-state index is 2.54. The molecule has 0 atom stereocenters. The predicted octanol–water partition coefficient (Wildman–Crippen LogP) is 7.15. The molecule has 0 nitrogen and oxygen atoms in total. The molecule has 1 heteroatoms. The zero-order chi connectivity index (χ0) is 19.0. The Balaban J connectivity index is 2.32. The summed E-state index contributed by atoms with van der Waals surface area (Å²) in [5.41, 5.74) is 4.15. The van der Waals surface area contributed by atoms with E-state index in [1.165, 1.54) is 16.7 Å². The number of rotatable bonds is 4. The summed E-state index contributed by atoms with van der Waals surface area (Å²) in [6, 6.07) is 22.2. The van der Waals surface area contributed by atoms with Crippen LogP contribution in [-0.4, -0.2) is 8.07 Å². The fraction of sp³-hybridized carbons (Fsp3) is 0.360. The first-order valence-electron chi connectivity index (χ1n) is 9.70. The third kappa shape index (κ3) is 3.14. The van der Waals surface area contributed by atoms with Crippen LogP contribution in [0.15, 0.2) is 83.6 Å². The van der Waals surface area contributed by atoms with E-state index in [0.717, 1.165) is 6.42 Å². The topological polar surface area (TPSA) is 0 Å². The molecule has 0 heterocycles. The maximum absolute atomic E-state index is 2.54. The SMILES string of the molecule is CC(C)(C)C(C1=CCC([Si](C)(C)C)=C1)(c1ccccc1)c1ccccc1. The highest BCUT2D eigenvalue weighted by Crippen LogP contribution is 2.54. The minimum absolute atomic E-state index is 0.0485. The van der Waals surface area contributed by atoms with Gasteiger partial charge in [-0.3, -0.25) is 0 Å². The summed E-state index contributed by atoms with van der Waals surface area (Å²) in [6.45, 7) is 14.5. The fourth-order valence-electron chi connectivity index (χ4n) is 4.48. The minimum atomic E-state index is -1.30. The summed E-state index contributed by atoms with van der Waals surface area (Å²) >= 11 is 0. The van der Waals surface area contributed by atoms with Gasteiger partial charge in [0.2, 0.25) is 0 Å². The van der Waals surface area contributed by atoms with E-state index in [2.05, 4.69) is 113 Å². The molecule has 1 aliphatic carbocycles. The maximum Gasteiger partial charge on any atom is 0.0728 e. The summed E-state index contributed by atoms with van der Waals surface area (Å²) < 4.78 is 0. The van der Waals surface area contributed by atoms with Crippen molar-refractivity contribution in [3.8, 4) is 0 Å². The largest absolute Gasteiger partial charge is 0.0770 e. The summed E-state index contributed by atoms with van der Waals surface area (Å²) in [5, 5.41) is 1.66. The van der Waals surface area contributed by atoms with Gasteiger partial charge < -0.3 is 0 Å². The zero-order valence-electron chi connectivity index (χ0n) is 17.1. The average Bonchev–Trinajstić information content (AvgIpc) is 3.07. The molecule has 0 radical (unpaired) electrons. The lowest BCUT2D eigenvalue weighted by atomic mass is 9.55. The number of hydrogen-bond acceptors (Lipinski definition) is 0. The summed E-state index contributed by atoms with van der Waals surface area (Å²) in [6.07, 6.45) is 6.15. The Morgan fingerprint density at radius 3 is 1.54 bits per heavy atom.